The largest absolute Gasteiger partial charge is 0.455 e. The van der Waals surface area contributed by atoms with E-state index in [2.05, 4.69) is 10.5 Å². The van der Waals surface area contributed by atoms with Crippen LogP contribution < -0.4 is 5.43 Å². The molecule has 0 unspecified atom stereocenters. The average molecular weight is 367 g/mol. The molecular formula is C21H19ClN2O2. The van der Waals surface area contributed by atoms with Crippen LogP contribution in [0.4, 0.5) is 0 Å². The highest BCUT2D eigenvalue weighted by Crippen LogP contribution is 2.24. The zero-order chi connectivity index (χ0) is 18.5. The molecule has 0 fully saturated rings. The Morgan fingerprint density at radius 1 is 1.12 bits per heavy atom. The van der Waals surface area contributed by atoms with E-state index in [4.69, 9.17) is 16.0 Å². The van der Waals surface area contributed by atoms with Crippen molar-refractivity contribution in [3.05, 3.63) is 82.1 Å². The zero-order valence-corrected chi connectivity index (χ0v) is 15.4. The Kier molecular flexibility index (Phi) is 5.54. The first kappa shape index (κ1) is 18.0. The maximum Gasteiger partial charge on any atom is 0.244 e. The smallest absolute Gasteiger partial charge is 0.244 e. The first-order valence-corrected chi connectivity index (χ1v) is 8.63. The molecule has 1 amide bonds. The number of hydrogen-bond acceptors (Lipinski definition) is 3. The fourth-order valence-electron chi connectivity index (χ4n) is 2.53. The summed E-state index contributed by atoms with van der Waals surface area (Å²) in [5.41, 5.74) is 6.74. The van der Waals surface area contributed by atoms with Gasteiger partial charge in [-0.05, 0) is 54.8 Å². The quantitative estimate of drug-likeness (QED) is 0.515. The summed E-state index contributed by atoms with van der Waals surface area (Å²) in [5.74, 6) is 1.06. The summed E-state index contributed by atoms with van der Waals surface area (Å²) in [6.07, 6.45) is 1.76. The zero-order valence-electron chi connectivity index (χ0n) is 14.6. The van der Waals surface area contributed by atoms with Crippen LogP contribution in [0.5, 0.6) is 0 Å². The van der Waals surface area contributed by atoms with Gasteiger partial charge in [0.1, 0.15) is 11.5 Å². The lowest BCUT2D eigenvalue weighted by Crippen LogP contribution is -2.19. The number of halogens is 1. The van der Waals surface area contributed by atoms with Gasteiger partial charge in [0.15, 0.2) is 0 Å². The van der Waals surface area contributed by atoms with Gasteiger partial charge in [0, 0.05) is 10.6 Å². The molecule has 1 N–H and O–H groups in total. The molecule has 0 aliphatic rings. The van der Waals surface area contributed by atoms with Crippen molar-refractivity contribution < 1.29 is 9.21 Å². The first-order chi connectivity index (χ1) is 12.5. The van der Waals surface area contributed by atoms with Gasteiger partial charge >= 0.3 is 0 Å². The third-order valence-electron chi connectivity index (χ3n) is 4.05. The minimum atomic E-state index is -0.175. The number of benzene rings is 2. The van der Waals surface area contributed by atoms with E-state index < -0.39 is 0 Å². The SMILES string of the molecule is Cc1ccc(CC(=O)N/N=C\c2ccc(-c3cccc(Cl)c3)o2)cc1C. The topological polar surface area (TPSA) is 54.6 Å². The van der Waals surface area contributed by atoms with Crippen LogP contribution in [-0.2, 0) is 11.2 Å². The number of hydrogen-bond donors (Lipinski definition) is 1. The minimum absolute atomic E-state index is 0.175. The van der Waals surface area contributed by atoms with Crippen LogP contribution in [0, 0.1) is 13.8 Å². The second-order valence-electron chi connectivity index (χ2n) is 6.10. The van der Waals surface area contributed by atoms with Crippen LogP contribution in [0.1, 0.15) is 22.5 Å². The van der Waals surface area contributed by atoms with Crippen LogP contribution in [-0.4, -0.2) is 12.1 Å². The maximum atomic E-state index is 12.0. The van der Waals surface area contributed by atoms with E-state index in [1.54, 1.807) is 12.1 Å². The molecule has 3 aromatic rings. The van der Waals surface area contributed by atoms with Gasteiger partial charge in [0.25, 0.3) is 0 Å². The Morgan fingerprint density at radius 2 is 1.96 bits per heavy atom. The molecule has 1 heterocycles. The second-order valence-corrected chi connectivity index (χ2v) is 6.54. The number of nitrogens with one attached hydrogen (secondary N) is 1. The van der Waals surface area contributed by atoms with Gasteiger partial charge in [-0.15, -0.1) is 0 Å². The molecular weight excluding hydrogens is 348 g/mol. The molecule has 0 bridgehead atoms. The number of carbonyl (C=O) groups is 1. The summed E-state index contributed by atoms with van der Waals surface area (Å²) in [4.78, 5) is 12.0. The fraction of sp³-hybridized carbons (Fsp3) is 0.143. The van der Waals surface area contributed by atoms with E-state index in [1.165, 1.54) is 17.3 Å². The van der Waals surface area contributed by atoms with E-state index in [0.717, 1.165) is 11.1 Å². The lowest BCUT2D eigenvalue weighted by atomic mass is 10.0. The minimum Gasteiger partial charge on any atom is -0.455 e. The Balaban J connectivity index is 1.58. The summed E-state index contributed by atoms with van der Waals surface area (Å²) in [6.45, 7) is 4.08. The number of aryl methyl sites for hydroxylation is 2. The first-order valence-electron chi connectivity index (χ1n) is 8.25. The number of amides is 1. The molecule has 0 spiro atoms. The molecule has 4 nitrogen and oxygen atoms in total. The van der Waals surface area contributed by atoms with Crippen LogP contribution in [0.15, 0.2) is 64.1 Å². The molecule has 26 heavy (non-hydrogen) atoms. The molecule has 1 aromatic heterocycles. The molecule has 0 aliphatic carbocycles. The van der Waals surface area contributed by atoms with Crippen LogP contribution >= 0.6 is 11.6 Å². The van der Waals surface area contributed by atoms with E-state index >= 15 is 0 Å². The van der Waals surface area contributed by atoms with Crippen LogP contribution in [0.2, 0.25) is 5.02 Å². The number of furan rings is 1. The van der Waals surface area contributed by atoms with Crippen molar-refractivity contribution in [1.82, 2.24) is 5.43 Å². The Hall–Kier alpha value is -2.85. The Labute approximate surface area is 157 Å². The predicted octanol–water partition coefficient (Wildman–Crippen LogP) is 4.91. The highest BCUT2D eigenvalue weighted by molar-refractivity contribution is 6.30. The third-order valence-corrected chi connectivity index (χ3v) is 4.29. The summed E-state index contributed by atoms with van der Waals surface area (Å²) in [5, 5.41) is 4.60. The van der Waals surface area contributed by atoms with E-state index in [9.17, 15) is 4.79 Å². The molecule has 5 heteroatoms. The van der Waals surface area contributed by atoms with Gasteiger partial charge in [0.2, 0.25) is 5.91 Å². The van der Waals surface area contributed by atoms with E-state index in [1.807, 2.05) is 56.3 Å². The highest BCUT2D eigenvalue weighted by atomic mass is 35.5. The molecule has 0 saturated heterocycles. The van der Waals surface area contributed by atoms with E-state index in [-0.39, 0.29) is 12.3 Å². The fourth-order valence-corrected chi connectivity index (χ4v) is 2.72. The van der Waals surface area contributed by atoms with Gasteiger partial charge in [-0.1, -0.05) is 41.9 Å². The molecule has 0 saturated carbocycles. The van der Waals surface area contributed by atoms with Crippen LogP contribution in [0.3, 0.4) is 0 Å². The van der Waals surface area contributed by atoms with Crippen molar-refractivity contribution >= 4 is 23.7 Å². The number of carbonyl (C=O) groups excluding carboxylic acids is 1. The van der Waals surface area contributed by atoms with E-state index in [0.29, 0.717) is 16.5 Å². The molecule has 0 radical (unpaired) electrons. The van der Waals surface area contributed by atoms with Gasteiger partial charge < -0.3 is 4.42 Å². The standard InChI is InChI=1S/C21H19ClN2O2/c1-14-6-7-16(10-15(14)2)11-21(25)24-23-13-19-8-9-20(26-19)17-4-3-5-18(22)12-17/h3-10,12-13H,11H2,1-2H3,(H,24,25)/b23-13-. The van der Waals surface area contributed by atoms with Gasteiger partial charge in [-0.2, -0.15) is 5.10 Å². The summed E-state index contributed by atoms with van der Waals surface area (Å²) >= 11 is 5.99. The number of nitrogens with zero attached hydrogens (tertiary/aromatic N) is 1. The predicted molar refractivity (Wildman–Crippen MR) is 105 cm³/mol. The molecule has 0 atom stereocenters. The van der Waals surface area contributed by atoms with Gasteiger partial charge in [0.05, 0.1) is 12.6 Å². The number of rotatable bonds is 5. The normalized spacial score (nSPS) is 11.0. The summed E-state index contributed by atoms with van der Waals surface area (Å²) in [6, 6.07) is 17.0. The van der Waals surface area contributed by atoms with Crippen molar-refractivity contribution in [1.29, 1.82) is 0 Å². The summed E-state index contributed by atoms with van der Waals surface area (Å²) in [7, 11) is 0. The Morgan fingerprint density at radius 3 is 2.73 bits per heavy atom. The summed E-state index contributed by atoms with van der Waals surface area (Å²) < 4.78 is 5.69. The Bertz CT molecular complexity index is 960. The van der Waals surface area contributed by atoms with Crippen LogP contribution in [0.25, 0.3) is 11.3 Å². The lowest BCUT2D eigenvalue weighted by molar-refractivity contribution is -0.120. The number of hydrazone groups is 1. The van der Waals surface area contributed by atoms with Crippen molar-refractivity contribution in [2.45, 2.75) is 20.3 Å². The maximum absolute atomic E-state index is 12.0. The molecule has 2 aromatic carbocycles. The third kappa shape index (κ3) is 4.61. The molecule has 3 rings (SSSR count). The average Bonchev–Trinajstić information content (AvgIpc) is 3.07. The van der Waals surface area contributed by atoms with Crippen molar-refractivity contribution in [2.24, 2.45) is 5.10 Å². The van der Waals surface area contributed by atoms with Gasteiger partial charge in [-0.3, -0.25) is 4.79 Å². The lowest BCUT2D eigenvalue weighted by Gasteiger charge is -2.04. The second kappa shape index (κ2) is 8.02. The van der Waals surface area contributed by atoms with Crippen molar-refractivity contribution in [3.63, 3.8) is 0 Å². The van der Waals surface area contributed by atoms with Gasteiger partial charge in [-0.25, -0.2) is 5.43 Å². The van der Waals surface area contributed by atoms with Crippen molar-refractivity contribution in [3.8, 4) is 11.3 Å². The molecule has 0 aliphatic heterocycles. The molecule has 132 valence electrons. The van der Waals surface area contributed by atoms with Crippen molar-refractivity contribution in [2.75, 3.05) is 0 Å². The highest BCUT2D eigenvalue weighted by Gasteiger charge is 2.05. The monoisotopic (exact) mass is 366 g/mol.